The predicted octanol–water partition coefficient (Wildman–Crippen LogP) is 2.41. The number of hydrogen-bond acceptors (Lipinski definition) is 4. The Hall–Kier alpha value is -0.650. The molecule has 5 nitrogen and oxygen atoms in total. The van der Waals surface area contributed by atoms with Crippen molar-refractivity contribution in [2.45, 2.75) is 58.8 Å². The first-order valence-electron chi connectivity index (χ1n) is 7.65. The molecule has 0 aliphatic carbocycles. The SMILES string of the molecule is CC(C)CCCCCCCOCCC(=O)O.NCCO. The van der Waals surface area contributed by atoms with E-state index in [1.807, 2.05) is 0 Å². The highest BCUT2D eigenvalue weighted by Crippen LogP contribution is 2.10. The average molecular weight is 291 g/mol. The first kappa shape index (κ1) is 21.6. The lowest BCUT2D eigenvalue weighted by Crippen LogP contribution is -2.03. The lowest BCUT2D eigenvalue weighted by molar-refractivity contribution is -0.138. The molecule has 0 bridgehead atoms. The van der Waals surface area contributed by atoms with Crippen LogP contribution in [0, 0.1) is 5.92 Å². The number of carboxylic acid groups (broad SMARTS) is 1. The minimum atomic E-state index is -0.784. The maximum absolute atomic E-state index is 10.2. The quantitative estimate of drug-likeness (QED) is 0.480. The zero-order valence-corrected chi connectivity index (χ0v) is 13.1. The predicted molar refractivity (Wildman–Crippen MR) is 81.8 cm³/mol. The summed E-state index contributed by atoms with van der Waals surface area (Å²) in [5.41, 5.74) is 4.78. The number of carboxylic acids is 1. The zero-order valence-electron chi connectivity index (χ0n) is 13.1. The van der Waals surface area contributed by atoms with Gasteiger partial charge >= 0.3 is 5.97 Å². The van der Waals surface area contributed by atoms with Gasteiger partial charge in [0.05, 0.1) is 19.6 Å². The fraction of sp³-hybridized carbons (Fsp3) is 0.933. The number of unbranched alkanes of at least 4 members (excludes halogenated alkanes) is 4. The molecule has 0 radical (unpaired) electrons. The summed E-state index contributed by atoms with van der Waals surface area (Å²) in [5, 5.41) is 16.1. The molecule has 0 spiro atoms. The summed E-state index contributed by atoms with van der Waals surface area (Å²) in [7, 11) is 0. The summed E-state index contributed by atoms with van der Waals surface area (Å²) in [6.45, 7) is 6.05. The van der Waals surface area contributed by atoms with Crippen molar-refractivity contribution in [3.8, 4) is 0 Å². The smallest absolute Gasteiger partial charge is 0.305 e. The molecule has 0 fully saturated rings. The second kappa shape index (κ2) is 18.4. The molecule has 0 unspecified atom stereocenters. The van der Waals surface area contributed by atoms with Crippen LogP contribution in [0.15, 0.2) is 0 Å². The normalized spacial score (nSPS) is 10.2. The van der Waals surface area contributed by atoms with Gasteiger partial charge in [-0.2, -0.15) is 0 Å². The van der Waals surface area contributed by atoms with E-state index in [9.17, 15) is 4.79 Å². The van der Waals surface area contributed by atoms with Crippen molar-refractivity contribution in [1.29, 1.82) is 0 Å². The highest BCUT2D eigenvalue weighted by Gasteiger charge is 1.97. The number of rotatable bonds is 12. The van der Waals surface area contributed by atoms with Gasteiger partial charge in [0.15, 0.2) is 0 Å². The fourth-order valence-electron chi connectivity index (χ4n) is 1.55. The third-order valence-corrected chi connectivity index (χ3v) is 2.66. The molecule has 122 valence electrons. The van der Waals surface area contributed by atoms with Crippen LogP contribution in [0.2, 0.25) is 0 Å². The fourth-order valence-corrected chi connectivity index (χ4v) is 1.55. The van der Waals surface area contributed by atoms with E-state index >= 15 is 0 Å². The van der Waals surface area contributed by atoms with Crippen LogP contribution >= 0.6 is 0 Å². The molecule has 0 aromatic carbocycles. The van der Waals surface area contributed by atoms with Gasteiger partial charge in [0.1, 0.15) is 0 Å². The number of nitrogens with two attached hydrogens (primary N) is 1. The van der Waals surface area contributed by atoms with Crippen LogP contribution in [0.5, 0.6) is 0 Å². The number of aliphatic hydroxyl groups excluding tert-OH is 1. The molecule has 0 atom stereocenters. The molecule has 0 aliphatic rings. The van der Waals surface area contributed by atoms with Gasteiger partial charge in [-0.15, -0.1) is 0 Å². The van der Waals surface area contributed by atoms with E-state index in [4.69, 9.17) is 20.7 Å². The second-order valence-corrected chi connectivity index (χ2v) is 5.22. The van der Waals surface area contributed by atoms with Crippen molar-refractivity contribution < 1.29 is 19.7 Å². The zero-order chi connectivity index (χ0) is 15.6. The third kappa shape index (κ3) is 26.0. The summed E-state index contributed by atoms with van der Waals surface area (Å²) >= 11 is 0. The van der Waals surface area contributed by atoms with Crippen LogP contribution in [0.3, 0.4) is 0 Å². The molecular formula is C15H33NO4. The molecule has 0 rings (SSSR count). The molecule has 5 heteroatoms. The Kier molecular flexibility index (Phi) is 19.9. The van der Waals surface area contributed by atoms with E-state index in [0.717, 1.165) is 12.3 Å². The van der Waals surface area contributed by atoms with Crippen LogP contribution in [0.4, 0.5) is 0 Å². The molecule has 0 aliphatic heterocycles. The summed E-state index contributed by atoms with van der Waals surface area (Å²) in [4.78, 5) is 10.2. The van der Waals surface area contributed by atoms with Crippen LogP contribution < -0.4 is 5.73 Å². The Labute approximate surface area is 123 Å². The number of aliphatic hydroxyl groups is 1. The molecule has 20 heavy (non-hydrogen) atoms. The first-order chi connectivity index (χ1) is 9.54. The molecule has 4 N–H and O–H groups in total. The highest BCUT2D eigenvalue weighted by molar-refractivity contribution is 5.66. The van der Waals surface area contributed by atoms with Crippen molar-refractivity contribution >= 4 is 5.97 Å². The van der Waals surface area contributed by atoms with Gasteiger partial charge in [0.2, 0.25) is 0 Å². The minimum Gasteiger partial charge on any atom is -0.481 e. The van der Waals surface area contributed by atoms with Crippen molar-refractivity contribution in [2.75, 3.05) is 26.4 Å². The van der Waals surface area contributed by atoms with Gasteiger partial charge in [-0.25, -0.2) is 0 Å². The molecule has 0 heterocycles. The van der Waals surface area contributed by atoms with E-state index in [1.54, 1.807) is 0 Å². The first-order valence-corrected chi connectivity index (χ1v) is 7.65. The summed E-state index contributed by atoms with van der Waals surface area (Å²) < 4.78 is 5.21. The van der Waals surface area contributed by atoms with Crippen LogP contribution in [0.25, 0.3) is 0 Å². The monoisotopic (exact) mass is 291 g/mol. The van der Waals surface area contributed by atoms with Gasteiger partial charge in [0.25, 0.3) is 0 Å². The Bertz CT molecular complexity index is 196. The Morgan fingerprint density at radius 2 is 1.65 bits per heavy atom. The van der Waals surface area contributed by atoms with E-state index in [2.05, 4.69) is 13.8 Å². The van der Waals surface area contributed by atoms with Crippen LogP contribution in [0.1, 0.15) is 58.8 Å². The van der Waals surface area contributed by atoms with Gasteiger partial charge < -0.3 is 20.7 Å². The molecule has 0 aromatic rings. The molecule has 0 amide bonds. The highest BCUT2D eigenvalue weighted by atomic mass is 16.5. The maximum Gasteiger partial charge on any atom is 0.305 e. The van der Waals surface area contributed by atoms with E-state index in [1.165, 1.54) is 32.1 Å². The second-order valence-electron chi connectivity index (χ2n) is 5.22. The molecule has 0 saturated heterocycles. The number of carbonyl (C=O) groups is 1. The number of hydrogen-bond donors (Lipinski definition) is 3. The average Bonchev–Trinajstić information content (AvgIpc) is 2.40. The van der Waals surface area contributed by atoms with Crippen molar-refractivity contribution in [1.82, 2.24) is 0 Å². The van der Waals surface area contributed by atoms with E-state index in [-0.39, 0.29) is 13.0 Å². The third-order valence-electron chi connectivity index (χ3n) is 2.66. The van der Waals surface area contributed by atoms with Gasteiger partial charge in [-0.1, -0.05) is 46.0 Å². The van der Waals surface area contributed by atoms with E-state index in [0.29, 0.717) is 19.8 Å². The number of ether oxygens (including phenoxy) is 1. The molecule has 0 saturated carbocycles. The Balaban J connectivity index is 0. The largest absolute Gasteiger partial charge is 0.481 e. The van der Waals surface area contributed by atoms with Crippen LogP contribution in [-0.2, 0) is 9.53 Å². The van der Waals surface area contributed by atoms with Gasteiger partial charge in [0, 0.05) is 13.2 Å². The molecular weight excluding hydrogens is 258 g/mol. The summed E-state index contributed by atoms with van der Waals surface area (Å²) in [5.74, 6) is 0.0352. The summed E-state index contributed by atoms with van der Waals surface area (Å²) in [6.07, 6.45) is 7.62. The lowest BCUT2D eigenvalue weighted by atomic mass is 10.0. The van der Waals surface area contributed by atoms with Gasteiger partial charge in [-0.3, -0.25) is 4.79 Å². The standard InChI is InChI=1S/C13H26O3.C2H7NO/c1-12(2)8-6-4-3-5-7-10-16-11-9-13(14)15;3-1-2-4/h12H,3-11H2,1-2H3,(H,14,15);4H,1-3H2. The number of aliphatic carboxylic acids is 1. The maximum atomic E-state index is 10.2. The summed E-state index contributed by atoms with van der Waals surface area (Å²) in [6, 6.07) is 0. The Morgan fingerprint density at radius 3 is 2.15 bits per heavy atom. The van der Waals surface area contributed by atoms with Gasteiger partial charge in [-0.05, 0) is 12.3 Å². The van der Waals surface area contributed by atoms with Crippen molar-refractivity contribution in [2.24, 2.45) is 11.7 Å². The minimum absolute atomic E-state index is 0.0972. The van der Waals surface area contributed by atoms with E-state index < -0.39 is 5.97 Å². The van der Waals surface area contributed by atoms with Crippen molar-refractivity contribution in [3.63, 3.8) is 0 Å². The Morgan fingerprint density at radius 1 is 1.10 bits per heavy atom. The molecule has 0 aromatic heterocycles. The van der Waals surface area contributed by atoms with Crippen LogP contribution in [-0.4, -0.2) is 42.5 Å². The van der Waals surface area contributed by atoms with Crippen molar-refractivity contribution in [3.05, 3.63) is 0 Å². The lowest BCUT2D eigenvalue weighted by Gasteiger charge is -2.04. The topological polar surface area (TPSA) is 92.8 Å².